The molecule has 2 heterocycles. The number of rotatable bonds is 4. The van der Waals surface area contributed by atoms with Gasteiger partial charge in [0.15, 0.2) is 0 Å². The molecule has 7 nitrogen and oxygen atoms in total. The molecule has 0 radical (unpaired) electrons. The van der Waals surface area contributed by atoms with E-state index < -0.39 is 24.1 Å². The van der Waals surface area contributed by atoms with E-state index in [0.29, 0.717) is 38.8 Å². The van der Waals surface area contributed by atoms with Gasteiger partial charge in [0.2, 0.25) is 5.91 Å². The average molecular weight is 345 g/mol. The number of benzene rings is 1. The van der Waals surface area contributed by atoms with Gasteiger partial charge in [-0.3, -0.25) is 9.69 Å². The Kier molecular flexibility index (Phi) is 5.21. The van der Waals surface area contributed by atoms with Crippen LogP contribution in [0.2, 0.25) is 0 Å². The highest BCUT2D eigenvalue weighted by Crippen LogP contribution is 2.25. The van der Waals surface area contributed by atoms with E-state index in [0.717, 1.165) is 5.56 Å². The molecule has 2 atom stereocenters. The molecule has 0 saturated carbocycles. The zero-order valence-electron chi connectivity index (χ0n) is 13.9. The van der Waals surface area contributed by atoms with Gasteiger partial charge < -0.3 is 19.5 Å². The molecule has 2 amide bonds. The summed E-state index contributed by atoms with van der Waals surface area (Å²) in [6, 6.07) is 7.77. The van der Waals surface area contributed by atoms with E-state index in [4.69, 9.17) is 4.74 Å². The maximum atomic E-state index is 12.7. The normalized spacial score (nSPS) is 22.9. The molecule has 7 heteroatoms. The number of carbonyl (C=O) groups is 3. The van der Waals surface area contributed by atoms with Crippen LogP contribution in [0.1, 0.15) is 31.2 Å². The summed E-state index contributed by atoms with van der Waals surface area (Å²) in [4.78, 5) is 39.0. The highest BCUT2D eigenvalue weighted by Gasteiger charge is 2.40. The van der Waals surface area contributed by atoms with E-state index >= 15 is 0 Å². The van der Waals surface area contributed by atoms with Crippen LogP contribution in [0, 0.1) is 0 Å². The monoisotopic (exact) mass is 345 g/mol. The zero-order chi connectivity index (χ0) is 17.8. The second-order valence-electron chi connectivity index (χ2n) is 6.40. The quantitative estimate of drug-likeness (QED) is 0.794. The van der Waals surface area contributed by atoms with E-state index in [1.54, 1.807) is 0 Å². The number of likely N-dealkylation sites (tertiary alicyclic amines) is 2. The van der Waals surface area contributed by atoms with Gasteiger partial charge in [-0.1, -0.05) is 30.3 Å². The zero-order valence-corrected chi connectivity index (χ0v) is 13.9. The van der Waals surface area contributed by atoms with Crippen LogP contribution in [0.4, 0.5) is 4.79 Å². The van der Waals surface area contributed by atoms with Crippen molar-refractivity contribution >= 4 is 18.0 Å². The third-order valence-corrected chi connectivity index (χ3v) is 4.79. The predicted molar refractivity (Wildman–Crippen MR) is 86.1 cm³/mol. The lowest BCUT2D eigenvalue weighted by atomic mass is 10.1. The van der Waals surface area contributed by atoms with Gasteiger partial charge in [0.05, 0.1) is 12.0 Å². The van der Waals surface area contributed by atoms with Crippen LogP contribution < -0.4 is 5.11 Å². The standard InChI is InChI=1S/C18H22N2O5/c21-16(19-10-5-9-15(19)17(22)23)14-8-4-11-20(14)18(24)25-12-13-6-2-1-3-7-13/h1-3,6-7,14-15H,4-5,8-12H2,(H,22,23)/p-1/t14-,15-/m0/s1. The predicted octanol–water partition coefficient (Wildman–Crippen LogP) is 0.528. The van der Waals surface area contributed by atoms with Crippen molar-refractivity contribution in [3.63, 3.8) is 0 Å². The fraction of sp³-hybridized carbons (Fsp3) is 0.500. The molecule has 0 N–H and O–H groups in total. The van der Waals surface area contributed by atoms with Gasteiger partial charge in [-0.2, -0.15) is 0 Å². The smallest absolute Gasteiger partial charge is 0.410 e. The number of nitrogens with zero attached hydrogens (tertiary/aromatic N) is 2. The lowest BCUT2D eigenvalue weighted by molar-refractivity contribution is -0.310. The first-order valence-corrected chi connectivity index (χ1v) is 8.56. The molecule has 25 heavy (non-hydrogen) atoms. The Balaban J connectivity index is 1.62. The van der Waals surface area contributed by atoms with Crippen LogP contribution >= 0.6 is 0 Å². The molecule has 3 rings (SSSR count). The van der Waals surface area contributed by atoms with Crippen LogP contribution in [-0.2, 0) is 20.9 Å². The summed E-state index contributed by atoms with van der Waals surface area (Å²) in [6.45, 7) is 0.969. The number of carbonyl (C=O) groups excluding carboxylic acids is 3. The molecule has 1 aromatic carbocycles. The number of amides is 2. The van der Waals surface area contributed by atoms with E-state index in [1.165, 1.54) is 9.80 Å². The molecule has 1 aromatic rings. The third kappa shape index (κ3) is 3.75. The Labute approximate surface area is 146 Å². The molecule has 134 valence electrons. The molecule has 2 aliphatic heterocycles. The van der Waals surface area contributed by atoms with Gasteiger partial charge >= 0.3 is 6.09 Å². The number of carboxylic acid groups (broad SMARTS) is 1. The van der Waals surface area contributed by atoms with Gasteiger partial charge in [0.1, 0.15) is 12.6 Å². The molecule has 0 spiro atoms. The maximum Gasteiger partial charge on any atom is 0.410 e. The molecular weight excluding hydrogens is 324 g/mol. The van der Waals surface area contributed by atoms with Gasteiger partial charge in [-0.15, -0.1) is 0 Å². The summed E-state index contributed by atoms with van der Waals surface area (Å²) in [6.07, 6.45) is 1.72. The first-order valence-electron chi connectivity index (χ1n) is 8.56. The van der Waals surface area contributed by atoms with E-state index in [-0.39, 0.29) is 12.5 Å². The summed E-state index contributed by atoms with van der Waals surface area (Å²) >= 11 is 0. The Morgan fingerprint density at radius 1 is 1.00 bits per heavy atom. The van der Waals surface area contributed by atoms with E-state index in [2.05, 4.69) is 0 Å². The third-order valence-electron chi connectivity index (χ3n) is 4.79. The van der Waals surface area contributed by atoms with E-state index in [1.807, 2.05) is 30.3 Å². The molecule has 2 aliphatic rings. The lowest BCUT2D eigenvalue weighted by Gasteiger charge is -2.31. The topological polar surface area (TPSA) is 90.0 Å². The van der Waals surface area contributed by atoms with E-state index in [9.17, 15) is 19.5 Å². The highest BCUT2D eigenvalue weighted by molar-refractivity contribution is 5.89. The van der Waals surface area contributed by atoms with Gasteiger partial charge in [-0.05, 0) is 31.2 Å². The number of hydrogen-bond acceptors (Lipinski definition) is 5. The molecule has 0 unspecified atom stereocenters. The van der Waals surface area contributed by atoms with Gasteiger partial charge in [-0.25, -0.2) is 4.79 Å². The minimum Gasteiger partial charge on any atom is -0.548 e. The van der Waals surface area contributed by atoms with Crippen molar-refractivity contribution in [3.05, 3.63) is 35.9 Å². The first kappa shape index (κ1) is 17.3. The molecule has 2 fully saturated rings. The summed E-state index contributed by atoms with van der Waals surface area (Å²) in [5.41, 5.74) is 0.870. The molecule has 0 aliphatic carbocycles. The SMILES string of the molecule is O=C([O-])[C@@H]1CCCN1C(=O)[C@@H]1CCCN1C(=O)OCc1ccccc1. The van der Waals surface area contributed by atoms with Crippen molar-refractivity contribution in [2.45, 2.75) is 44.4 Å². The minimum absolute atomic E-state index is 0.141. The molecule has 0 bridgehead atoms. The fourth-order valence-corrected chi connectivity index (χ4v) is 3.51. The first-order chi connectivity index (χ1) is 12.1. The van der Waals surface area contributed by atoms with Gasteiger partial charge in [0, 0.05) is 13.1 Å². The Bertz CT molecular complexity index is 648. The van der Waals surface area contributed by atoms with Crippen molar-refractivity contribution in [2.75, 3.05) is 13.1 Å². The Hall–Kier alpha value is -2.57. The summed E-state index contributed by atoms with van der Waals surface area (Å²) < 4.78 is 5.32. The fourth-order valence-electron chi connectivity index (χ4n) is 3.51. The minimum atomic E-state index is -1.23. The van der Waals surface area contributed by atoms with Crippen LogP contribution in [0.3, 0.4) is 0 Å². The number of hydrogen-bond donors (Lipinski definition) is 0. The van der Waals surface area contributed by atoms with Crippen LogP contribution in [0.5, 0.6) is 0 Å². The molecule has 2 saturated heterocycles. The number of carboxylic acids is 1. The summed E-state index contributed by atoms with van der Waals surface area (Å²) in [5, 5.41) is 11.2. The summed E-state index contributed by atoms with van der Waals surface area (Å²) in [7, 11) is 0. The van der Waals surface area contributed by atoms with Crippen molar-refractivity contribution in [1.29, 1.82) is 0 Å². The van der Waals surface area contributed by atoms with Crippen molar-refractivity contribution in [2.24, 2.45) is 0 Å². The number of aliphatic carboxylic acids is 1. The number of ether oxygens (including phenoxy) is 1. The molecular formula is C18H21N2O5-. The second-order valence-corrected chi connectivity index (χ2v) is 6.40. The Morgan fingerprint density at radius 2 is 1.64 bits per heavy atom. The molecule has 0 aromatic heterocycles. The second kappa shape index (κ2) is 7.55. The highest BCUT2D eigenvalue weighted by atomic mass is 16.6. The van der Waals surface area contributed by atoms with Crippen LogP contribution in [0.25, 0.3) is 0 Å². The largest absolute Gasteiger partial charge is 0.548 e. The maximum absolute atomic E-state index is 12.7. The average Bonchev–Trinajstić information content (AvgIpc) is 3.29. The van der Waals surface area contributed by atoms with Crippen molar-refractivity contribution in [3.8, 4) is 0 Å². The van der Waals surface area contributed by atoms with Crippen LogP contribution in [0.15, 0.2) is 30.3 Å². The van der Waals surface area contributed by atoms with Crippen molar-refractivity contribution in [1.82, 2.24) is 9.80 Å². The van der Waals surface area contributed by atoms with Crippen LogP contribution in [-0.4, -0.2) is 52.9 Å². The van der Waals surface area contributed by atoms with Gasteiger partial charge in [0.25, 0.3) is 0 Å². The Morgan fingerprint density at radius 3 is 2.32 bits per heavy atom. The van der Waals surface area contributed by atoms with Crippen molar-refractivity contribution < 1.29 is 24.2 Å². The summed E-state index contributed by atoms with van der Waals surface area (Å²) in [5.74, 6) is -1.55. The lowest BCUT2D eigenvalue weighted by Crippen LogP contribution is -2.53.